The normalized spacial score (nSPS) is 18.8. The highest BCUT2D eigenvalue weighted by molar-refractivity contribution is 7.80. The van der Waals surface area contributed by atoms with Crippen molar-refractivity contribution in [3.05, 3.63) is 29.8 Å². The van der Waals surface area contributed by atoms with Gasteiger partial charge in [-0.1, -0.05) is 12.2 Å². The van der Waals surface area contributed by atoms with Crippen LogP contribution in [-0.4, -0.2) is 48.6 Å². The molecule has 1 aromatic carbocycles. The van der Waals surface area contributed by atoms with Crippen LogP contribution in [0.4, 0.5) is 0 Å². The molecule has 0 aromatic heterocycles. The molecule has 1 aromatic rings. The van der Waals surface area contributed by atoms with E-state index in [1.165, 1.54) is 0 Å². The Balaban J connectivity index is 1.76. The number of hydrogen-bond donors (Lipinski definition) is 2. The quantitative estimate of drug-likeness (QED) is 0.775. The van der Waals surface area contributed by atoms with Crippen LogP contribution in [0.1, 0.15) is 12.0 Å². The Kier molecular flexibility index (Phi) is 4.92. The van der Waals surface area contributed by atoms with Gasteiger partial charge < -0.3 is 20.7 Å². The van der Waals surface area contributed by atoms with E-state index in [1.54, 1.807) is 24.3 Å². The monoisotopic (exact) mass is 293 g/mol. The molecule has 1 atom stereocenters. The first-order valence-corrected chi connectivity index (χ1v) is 6.96. The van der Waals surface area contributed by atoms with Crippen molar-refractivity contribution in [1.29, 1.82) is 0 Å². The summed E-state index contributed by atoms with van der Waals surface area (Å²) in [5.74, 6) is 0.535. The van der Waals surface area contributed by atoms with Crippen molar-refractivity contribution < 1.29 is 9.53 Å². The zero-order chi connectivity index (χ0) is 14.5. The van der Waals surface area contributed by atoms with Crippen LogP contribution in [0.3, 0.4) is 0 Å². The van der Waals surface area contributed by atoms with Crippen molar-refractivity contribution in [2.24, 2.45) is 5.73 Å². The summed E-state index contributed by atoms with van der Waals surface area (Å²) in [6.07, 6.45) is 0.991. The molecule has 0 radical (unpaired) electrons. The highest BCUT2D eigenvalue weighted by atomic mass is 32.1. The van der Waals surface area contributed by atoms with Gasteiger partial charge in [-0.05, 0) is 44.3 Å². The van der Waals surface area contributed by atoms with Crippen molar-refractivity contribution in [1.82, 2.24) is 10.2 Å². The molecule has 0 aliphatic carbocycles. The Morgan fingerprint density at radius 2 is 2.20 bits per heavy atom. The Hall–Kier alpha value is -1.66. The summed E-state index contributed by atoms with van der Waals surface area (Å²) >= 11 is 4.87. The fourth-order valence-electron chi connectivity index (χ4n) is 2.19. The Morgan fingerprint density at radius 1 is 1.50 bits per heavy atom. The molecular weight excluding hydrogens is 274 g/mol. The van der Waals surface area contributed by atoms with Crippen LogP contribution in [0.5, 0.6) is 5.75 Å². The molecule has 2 rings (SSSR count). The fraction of sp³-hybridized carbons (Fsp3) is 0.429. The molecule has 0 spiro atoms. The summed E-state index contributed by atoms with van der Waals surface area (Å²) in [6.45, 7) is 1.94. The SMILES string of the molecule is CN1CCC(NC(=O)COc2ccc(C(N)=S)cc2)C1. The number of thiocarbonyl (C=S) groups is 1. The third-order valence-corrected chi connectivity index (χ3v) is 3.50. The highest BCUT2D eigenvalue weighted by Crippen LogP contribution is 2.12. The third-order valence-electron chi connectivity index (χ3n) is 3.27. The summed E-state index contributed by atoms with van der Waals surface area (Å²) in [5, 5.41) is 2.96. The lowest BCUT2D eigenvalue weighted by molar-refractivity contribution is -0.123. The maximum absolute atomic E-state index is 11.8. The molecule has 6 heteroatoms. The number of carbonyl (C=O) groups is 1. The molecule has 1 aliphatic heterocycles. The van der Waals surface area contributed by atoms with E-state index in [4.69, 9.17) is 22.7 Å². The molecule has 1 fully saturated rings. The van der Waals surface area contributed by atoms with Gasteiger partial charge in [0.15, 0.2) is 6.61 Å². The second-order valence-corrected chi connectivity index (χ2v) is 5.43. The average Bonchev–Trinajstić information content (AvgIpc) is 2.82. The van der Waals surface area contributed by atoms with E-state index in [0.29, 0.717) is 10.7 Å². The summed E-state index contributed by atoms with van der Waals surface area (Å²) in [6, 6.07) is 7.30. The minimum Gasteiger partial charge on any atom is -0.484 e. The van der Waals surface area contributed by atoms with Gasteiger partial charge >= 0.3 is 0 Å². The Labute approximate surface area is 124 Å². The van der Waals surface area contributed by atoms with Gasteiger partial charge in [-0.25, -0.2) is 0 Å². The lowest BCUT2D eigenvalue weighted by atomic mass is 10.2. The molecule has 1 amide bonds. The highest BCUT2D eigenvalue weighted by Gasteiger charge is 2.20. The number of nitrogens with one attached hydrogen (secondary N) is 1. The van der Waals surface area contributed by atoms with Crippen LogP contribution in [-0.2, 0) is 4.79 Å². The molecule has 108 valence electrons. The van der Waals surface area contributed by atoms with E-state index in [-0.39, 0.29) is 18.6 Å². The summed E-state index contributed by atoms with van der Waals surface area (Å²) < 4.78 is 5.43. The van der Waals surface area contributed by atoms with Crippen molar-refractivity contribution in [2.45, 2.75) is 12.5 Å². The smallest absolute Gasteiger partial charge is 0.258 e. The predicted molar refractivity (Wildman–Crippen MR) is 81.9 cm³/mol. The topological polar surface area (TPSA) is 67.6 Å². The summed E-state index contributed by atoms with van der Waals surface area (Å²) in [4.78, 5) is 14.3. The van der Waals surface area contributed by atoms with Crippen LogP contribution < -0.4 is 15.8 Å². The van der Waals surface area contributed by atoms with E-state index < -0.39 is 0 Å². The predicted octanol–water partition coefficient (Wildman–Crippen LogP) is 0.520. The third kappa shape index (κ3) is 4.18. The maximum atomic E-state index is 11.8. The second-order valence-electron chi connectivity index (χ2n) is 4.99. The van der Waals surface area contributed by atoms with E-state index in [1.807, 2.05) is 7.05 Å². The minimum absolute atomic E-state index is 0.0205. The first kappa shape index (κ1) is 14.7. The van der Waals surface area contributed by atoms with Crippen LogP contribution in [0, 0.1) is 0 Å². The van der Waals surface area contributed by atoms with Crippen LogP contribution in [0.15, 0.2) is 24.3 Å². The number of rotatable bonds is 5. The Morgan fingerprint density at radius 3 is 2.75 bits per heavy atom. The number of nitrogens with zero attached hydrogens (tertiary/aromatic N) is 1. The van der Waals surface area contributed by atoms with Crippen molar-refractivity contribution in [3.8, 4) is 5.75 Å². The van der Waals surface area contributed by atoms with Gasteiger partial charge in [0.05, 0.1) is 0 Å². The van der Waals surface area contributed by atoms with Crippen LogP contribution >= 0.6 is 12.2 Å². The molecular formula is C14H19N3O2S. The fourth-order valence-corrected chi connectivity index (χ4v) is 2.32. The molecule has 0 saturated carbocycles. The lowest BCUT2D eigenvalue weighted by Gasteiger charge is -2.13. The number of likely N-dealkylation sites (N-methyl/N-ethyl adjacent to an activating group) is 1. The molecule has 1 unspecified atom stereocenters. The van der Waals surface area contributed by atoms with Gasteiger partial charge in [0.1, 0.15) is 10.7 Å². The Bertz CT molecular complexity index is 490. The number of carbonyl (C=O) groups excluding carboxylic acids is 1. The van der Waals surface area contributed by atoms with E-state index in [9.17, 15) is 4.79 Å². The number of amides is 1. The summed E-state index contributed by atoms with van der Waals surface area (Å²) in [7, 11) is 2.05. The standard InChI is InChI=1S/C14H19N3O2S/c1-17-7-6-11(8-17)16-13(18)9-19-12-4-2-10(3-5-12)14(15)20/h2-5,11H,6-9H2,1H3,(H2,15,20)(H,16,18). The van der Waals surface area contributed by atoms with Gasteiger partial charge in [-0.3, -0.25) is 4.79 Å². The zero-order valence-electron chi connectivity index (χ0n) is 11.5. The minimum atomic E-state index is -0.0938. The molecule has 0 bridgehead atoms. The first-order valence-electron chi connectivity index (χ1n) is 6.55. The van der Waals surface area contributed by atoms with Crippen molar-refractivity contribution in [2.75, 3.05) is 26.7 Å². The molecule has 1 aliphatic rings. The summed E-state index contributed by atoms with van der Waals surface area (Å²) in [5.41, 5.74) is 6.29. The lowest BCUT2D eigenvalue weighted by Crippen LogP contribution is -2.39. The van der Waals surface area contributed by atoms with Gasteiger partial charge in [0, 0.05) is 18.2 Å². The molecule has 1 saturated heterocycles. The number of ether oxygens (including phenoxy) is 1. The molecule has 20 heavy (non-hydrogen) atoms. The van der Waals surface area contributed by atoms with E-state index in [0.717, 1.165) is 25.1 Å². The maximum Gasteiger partial charge on any atom is 0.258 e. The van der Waals surface area contributed by atoms with E-state index >= 15 is 0 Å². The van der Waals surface area contributed by atoms with Gasteiger partial charge in [0.2, 0.25) is 0 Å². The average molecular weight is 293 g/mol. The zero-order valence-corrected chi connectivity index (χ0v) is 12.3. The second kappa shape index (κ2) is 6.67. The number of likely N-dealkylation sites (tertiary alicyclic amines) is 1. The molecule has 1 heterocycles. The molecule has 5 nitrogen and oxygen atoms in total. The van der Waals surface area contributed by atoms with Crippen LogP contribution in [0.25, 0.3) is 0 Å². The van der Waals surface area contributed by atoms with E-state index in [2.05, 4.69) is 10.2 Å². The number of benzene rings is 1. The van der Waals surface area contributed by atoms with Crippen molar-refractivity contribution in [3.63, 3.8) is 0 Å². The number of hydrogen-bond acceptors (Lipinski definition) is 4. The van der Waals surface area contributed by atoms with Gasteiger partial charge in [-0.2, -0.15) is 0 Å². The largest absolute Gasteiger partial charge is 0.484 e. The first-order chi connectivity index (χ1) is 9.54. The van der Waals surface area contributed by atoms with Crippen LogP contribution in [0.2, 0.25) is 0 Å². The molecule has 3 N–H and O–H groups in total. The number of nitrogens with two attached hydrogens (primary N) is 1. The van der Waals surface area contributed by atoms with Gasteiger partial charge in [0.25, 0.3) is 5.91 Å². The van der Waals surface area contributed by atoms with Crippen molar-refractivity contribution >= 4 is 23.1 Å². The van der Waals surface area contributed by atoms with Gasteiger partial charge in [-0.15, -0.1) is 0 Å².